The van der Waals surface area contributed by atoms with E-state index in [9.17, 15) is 9.59 Å². The minimum absolute atomic E-state index is 0.214. The van der Waals surface area contributed by atoms with Crippen LogP contribution in [-0.2, 0) is 4.79 Å². The van der Waals surface area contributed by atoms with Gasteiger partial charge in [0.2, 0.25) is 0 Å². The number of benzene rings is 2. The predicted molar refractivity (Wildman–Crippen MR) is 102 cm³/mol. The number of ether oxygens (including phenoxy) is 2. The van der Waals surface area contributed by atoms with Crippen LogP contribution in [0.2, 0.25) is 10.0 Å². The highest BCUT2D eigenvalue weighted by molar-refractivity contribution is 6.36. The Balaban J connectivity index is 2.08. The number of nitrogens with zero attached hydrogens (tertiary/aromatic N) is 1. The molecule has 2 rings (SSSR count). The monoisotopic (exact) mass is 410 g/mol. The Morgan fingerprint density at radius 3 is 2.56 bits per heavy atom. The van der Waals surface area contributed by atoms with E-state index in [1.165, 1.54) is 32.4 Å². The predicted octanol–water partition coefficient (Wildman–Crippen LogP) is 3.62. The van der Waals surface area contributed by atoms with E-state index in [0.717, 1.165) is 0 Å². The van der Waals surface area contributed by atoms with Crippen LogP contribution >= 0.6 is 23.2 Å². The average Bonchev–Trinajstić information content (AvgIpc) is 2.62. The van der Waals surface area contributed by atoms with Gasteiger partial charge in [-0.2, -0.15) is 5.10 Å². The fraction of sp³-hybridized carbons (Fsp3) is 0.167. The molecular weight excluding hydrogens is 395 g/mol. The van der Waals surface area contributed by atoms with E-state index in [1.807, 2.05) is 0 Å². The van der Waals surface area contributed by atoms with E-state index in [1.54, 1.807) is 24.3 Å². The van der Waals surface area contributed by atoms with Gasteiger partial charge >= 0.3 is 5.97 Å². The van der Waals surface area contributed by atoms with Crippen LogP contribution in [0.3, 0.4) is 0 Å². The van der Waals surface area contributed by atoms with E-state index in [0.29, 0.717) is 16.3 Å². The molecule has 27 heavy (non-hydrogen) atoms. The van der Waals surface area contributed by atoms with E-state index in [4.69, 9.17) is 37.8 Å². The van der Waals surface area contributed by atoms with Crippen molar-refractivity contribution in [2.45, 2.75) is 13.0 Å². The highest BCUT2D eigenvalue weighted by atomic mass is 35.5. The standard InChI is InChI=1S/C18H16Cl2N2O5/c1-10(18(24)25)27-15-6-3-11(7-16(15)26-2)9-21-22-17(23)13-5-4-12(19)8-14(13)20/h3-10H,1-2H3,(H,22,23)(H,24,25)/b21-9-/t10-/m0/s1. The van der Waals surface area contributed by atoms with Crippen molar-refractivity contribution in [3.63, 3.8) is 0 Å². The van der Waals surface area contributed by atoms with E-state index >= 15 is 0 Å². The number of nitrogens with one attached hydrogen (secondary N) is 1. The van der Waals surface area contributed by atoms with Gasteiger partial charge in [-0.05, 0) is 48.9 Å². The van der Waals surface area contributed by atoms with Crippen molar-refractivity contribution in [3.8, 4) is 11.5 Å². The second-order valence-corrected chi connectivity index (χ2v) is 6.18. The third-order valence-electron chi connectivity index (χ3n) is 3.39. The summed E-state index contributed by atoms with van der Waals surface area (Å²) < 4.78 is 10.5. The Hall–Kier alpha value is -2.77. The largest absolute Gasteiger partial charge is 0.493 e. The van der Waals surface area contributed by atoms with Crippen molar-refractivity contribution in [2.75, 3.05) is 7.11 Å². The van der Waals surface area contributed by atoms with E-state index in [2.05, 4.69) is 10.5 Å². The maximum absolute atomic E-state index is 12.1. The van der Waals surface area contributed by atoms with Crippen LogP contribution in [0.4, 0.5) is 0 Å². The SMILES string of the molecule is COc1cc(/C=N\NC(=O)c2ccc(Cl)cc2Cl)ccc1O[C@@H](C)C(=O)O. The second kappa shape index (κ2) is 9.25. The number of hydrogen-bond acceptors (Lipinski definition) is 5. The fourth-order valence-electron chi connectivity index (χ4n) is 2.00. The molecule has 2 aromatic rings. The molecule has 0 saturated heterocycles. The Morgan fingerprint density at radius 1 is 1.19 bits per heavy atom. The molecule has 9 heteroatoms. The summed E-state index contributed by atoms with van der Waals surface area (Å²) in [6.45, 7) is 1.41. The minimum atomic E-state index is -1.09. The third-order valence-corrected chi connectivity index (χ3v) is 3.94. The summed E-state index contributed by atoms with van der Waals surface area (Å²) in [5.41, 5.74) is 3.20. The van der Waals surface area contributed by atoms with Crippen molar-refractivity contribution >= 4 is 41.3 Å². The zero-order valence-electron chi connectivity index (χ0n) is 14.4. The molecular formula is C18H16Cl2N2O5. The number of carbonyl (C=O) groups excluding carboxylic acids is 1. The Bertz CT molecular complexity index is 886. The van der Waals surface area contributed by atoms with Gasteiger partial charge in [0, 0.05) is 5.02 Å². The number of carbonyl (C=O) groups is 2. The molecule has 0 spiro atoms. The Morgan fingerprint density at radius 2 is 1.93 bits per heavy atom. The van der Waals surface area contributed by atoms with Crippen LogP contribution in [0, 0.1) is 0 Å². The molecule has 0 aromatic heterocycles. The molecule has 1 amide bonds. The molecule has 0 fully saturated rings. The van der Waals surface area contributed by atoms with Gasteiger partial charge in [0.05, 0.1) is 23.9 Å². The molecule has 7 nitrogen and oxygen atoms in total. The summed E-state index contributed by atoms with van der Waals surface area (Å²) in [5, 5.41) is 13.4. The number of amides is 1. The topological polar surface area (TPSA) is 97.2 Å². The van der Waals surface area contributed by atoms with Crippen LogP contribution in [0.15, 0.2) is 41.5 Å². The third kappa shape index (κ3) is 5.60. The molecule has 2 N–H and O–H groups in total. The maximum atomic E-state index is 12.1. The molecule has 0 bridgehead atoms. The van der Waals surface area contributed by atoms with Crippen molar-refractivity contribution in [2.24, 2.45) is 5.10 Å². The number of aliphatic carboxylic acids is 1. The summed E-state index contributed by atoms with van der Waals surface area (Å²) in [6, 6.07) is 9.29. The van der Waals surface area contributed by atoms with Gasteiger partial charge in [0.15, 0.2) is 17.6 Å². The Labute approximate surface area is 165 Å². The number of hydrazone groups is 1. The number of halogens is 2. The lowest BCUT2D eigenvalue weighted by Crippen LogP contribution is -2.23. The molecule has 142 valence electrons. The molecule has 0 aliphatic rings. The summed E-state index contributed by atoms with van der Waals surface area (Å²) in [6.07, 6.45) is 0.371. The van der Waals surface area contributed by atoms with Gasteiger partial charge in [-0.1, -0.05) is 23.2 Å². The number of carboxylic acid groups (broad SMARTS) is 1. The maximum Gasteiger partial charge on any atom is 0.344 e. The van der Waals surface area contributed by atoms with E-state index < -0.39 is 18.0 Å². The smallest absolute Gasteiger partial charge is 0.344 e. The molecule has 0 radical (unpaired) electrons. The van der Waals surface area contributed by atoms with E-state index in [-0.39, 0.29) is 16.3 Å². The lowest BCUT2D eigenvalue weighted by molar-refractivity contribution is -0.144. The number of rotatable bonds is 7. The van der Waals surface area contributed by atoms with Crippen LogP contribution in [-0.4, -0.2) is 36.4 Å². The quantitative estimate of drug-likeness (QED) is 0.536. The van der Waals surface area contributed by atoms with Crippen molar-refractivity contribution < 1.29 is 24.2 Å². The highest BCUT2D eigenvalue weighted by Gasteiger charge is 2.15. The normalized spacial score (nSPS) is 11.9. The zero-order chi connectivity index (χ0) is 20.0. The molecule has 0 unspecified atom stereocenters. The molecule has 0 aliphatic carbocycles. The molecule has 1 atom stereocenters. The summed E-state index contributed by atoms with van der Waals surface area (Å²) in [4.78, 5) is 23.0. The molecule has 2 aromatic carbocycles. The lowest BCUT2D eigenvalue weighted by Gasteiger charge is -2.14. The number of hydrogen-bond donors (Lipinski definition) is 2. The van der Waals surface area contributed by atoms with Gasteiger partial charge in [-0.15, -0.1) is 0 Å². The second-order valence-electron chi connectivity index (χ2n) is 5.33. The van der Waals surface area contributed by atoms with Gasteiger partial charge in [0.25, 0.3) is 5.91 Å². The lowest BCUT2D eigenvalue weighted by atomic mass is 10.2. The van der Waals surface area contributed by atoms with Crippen molar-refractivity contribution in [1.29, 1.82) is 0 Å². The summed E-state index contributed by atoms with van der Waals surface area (Å²) in [7, 11) is 1.43. The Kier molecular flexibility index (Phi) is 7.04. The summed E-state index contributed by atoms with van der Waals surface area (Å²) >= 11 is 11.8. The molecule has 0 aliphatic heterocycles. The molecule has 0 saturated carbocycles. The summed E-state index contributed by atoms with van der Waals surface area (Å²) in [5.74, 6) is -0.970. The van der Waals surface area contributed by atoms with Gasteiger partial charge in [-0.3, -0.25) is 4.79 Å². The number of carboxylic acids is 1. The van der Waals surface area contributed by atoms with Crippen LogP contribution in [0.25, 0.3) is 0 Å². The zero-order valence-corrected chi connectivity index (χ0v) is 15.9. The first kappa shape index (κ1) is 20.5. The minimum Gasteiger partial charge on any atom is -0.493 e. The molecule has 0 heterocycles. The first-order chi connectivity index (χ1) is 12.8. The number of methoxy groups -OCH3 is 1. The average molecular weight is 411 g/mol. The fourth-order valence-corrected chi connectivity index (χ4v) is 2.50. The van der Waals surface area contributed by atoms with Gasteiger partial charge in [-0.25, -0.2) is 10.2 Å². The van der Waals surface area contributed by atoms with Crippen LogP contribution < -0.4 is 14.9 Å². The first-order valence-corrected chi connectivity index (χ1v) is 8.43. The van der Waals surface area contributed by atoms with Crippen LogP contribution in [0.5, 0.6) is 11.5 Å². The van der Waals surface area contributed by atoms with Gasteiger partial charge < -0.3 is 14.6 Å². The van der Waals surface area contributed by atoms with Crippen molar-refractivity contribution in [1.82, 2.24) is 5.43 Å². The first-order valence-electron chi connectivity index (χ1n) is 7.67. The van der Waals surface area contributed by atoms with Gasteiger partial charge in [0.1, 0.15) is 0 Å². The van der Waals surface area contributed by atoms with Crippen LogP contribution in [0.1, 0.15) is 22.8 Å². The highest BCUT2D eigenvalue weighted by Crippen LogP contribution is 2.28. The van der Waals surface area contributed by atoms with Crippen molar-refractivity contribution in [3.05, 3.63) is 57.6 Å².